The van der Waals surface area contributed by atoms with E-state index in [0.29, 0.717) is 11.3 Å². The predicted molar refractivity (Wildman–Crippen MR) is 94.2 cm³/mol. The molecule has 6 heteroatoms. The number of carbonyl (C=O) groups excluding carboxylic acids is 1. The maximum Gasteiger partial charge on any atom is 0.342 e. The third-order valence-electron chi connectivity index (χ3n) is 3.71. The first-order valence-electron chi connectivity index (χ1n) is 7.83. The molecule has 2 heterocycles. The lowest BCUT2D eigenvalue weighted by Gasteiger charge is -2.10. The van der Waals surface area contributed by atoms with E-state index in [-0.39, 0.29) is 11.4 Å². The van der Waals surface area contributed by atoms with Crippen molar-refractivity contribution in [2.24, 2.45) is 0 Å². The molecule has 0 aliphatic heterocycles. The Morgan fingerprint density at radius 1 is 1.33 bits per heavy atom. The van der Waals surface area contributed by atoms with Crippen LogP contribution in [0.2, 0.25) is 5.28 Å². The molecule has 0 aliphatic carbocycles. The van der Waals surface area contributed by atoms with Gasteiger partial charge in [-0.05, 0) is 38.4 Å². The molecule has 0 saturated heterocycles. The Bertz CT molecular complexity index is 902. The summed E-state index contributed by atoms with van der Waals surface area (Å²) in [5.74, 6) is -0.454. The summed E-state index contributed by atoms with van der Waals surface area (Å²) in [5.41, 5.74) is 2.72. The van der Waals surface area contributed by atoms with E-state index in [1.807, 2.05) is 30.5 Å². The third kappa shape index (κ3) is 2.99. The third-order valence-corrected chi connectivity index (χ3v) is 3.89. The molecule has 0 saturated carbocycles. The quantitative estimate of drug-likeness (QED) is 0.522. The molecular weight excluding hydrogens is 326 g/mol. The summed E-state index contributed by atoms with van der Waals surface area (Å²) in [4.78, 5) is 20.7. The Kier molecular flexibility index (Phi) is 4.53. The zero-order valence-corrected chi connectivity index (χ0v) is 14.5. The van der Waals surface area contributed by atoms with Gasteiger partial charge in [-0.2, -0.15) is 0 Å². The predicted octanol–water partition coefficient (Wildman–Crippen LogP) is 4.34. The van der Waals surface area contributed by atoms with Crippen LogP contribution in [0.15, 0.2) is 36.7 Å². The molecule has 0 unspecified atom stereocenters. The summed E-state index contributed by atoms with van der Waals surface area (Å²) in [6.07, 6.45) is 3.18. The Morgan fingerprint density at radius 3 is 2.79 bits per heavy atom. The van der Waals surface area contributed by atoms with Crippen molar-refractivity contribution in [3.63, 3.8) is 0 Å². The van der Waals surface area contributed by atoms with Gasteiger partial charge in [0.2, 0.25) is 5.28 Å². The average molecular weight is 344 g/mol. The Labute approximate surface area is 145 Å². The van der Waals surface area contributed by atoms with Crippen LogP contribution in [0.1, 0.15) is 31.1 Å². The van der Waals surface area contributed by atoms with Gasteiger partial charge in [-0.25, -0.2) is 14.8 Å². The van der Waals surface area contributed by atoms with Gasteiger partial charge in [0.25, 0.3) is 0 Å². The average Bonchev–Trinajstić information content (AvgIpc) is 2.92. The lowest BCUT2D eigenvalue weighted by Crippen LogP contribution is -2.13. The van der Waals surface area contributed by atoms with Crippen molar-refractivity contribution in [2.75, 3.05) is 0 Å². The number of hydrogen-bond donors (Lipinski definition) is 0. The molecule has 3 rings (SSSR count). The molecule has 5 nitrogen and oxygen atoms in total. The zero-order valence-electron chi connectivity index (χ0n) is 13.8. The topological polar surface area (TPSA) is 57.0 Å². The number of ether oxygens (including phenoxy) is 1. The number of carbonyl (C=O) groups is 1. The maximum absolute atomic E-state index is 12.4. The highest BCUT2D eigenvalue weighted by Gasteiger charge is 2.21. The molecule has 124 valence electrons. The van der Waals surface area contributed by atoms with Gasteiger partial charge in [0, 0.05) is 35.4 Å². The molecule has 24 heavy (non-hydrogen) atoms. The fourth-order valence-corrected chi connectivity index (χ4v) is 2.82. The Morgan fingerprint density at radius 2 is 2.08 bits per heavy atom. The summed E-state index contributed by atoms with van der Waals surface area (Å²) in [5, 5.41) is 1.10. The number of esters is 1. The molecule has 0 spiro atoms. The molecule has 1 aromatic carbocycles. The van der Waals surface area contributed by atoms with E-state index < -0.39 is 5.97 Å². The molecule has 2 aromatic heterocycles. The molecule has 0 atom stereocenters. The first-order chi connectivity index (χ1) is 11.5. The molecule has 0 bridgehead atoms. The lowest BCUT2D eigenvalue weighted by atomic mass is 10.1. The van der Waals surface area contributed by atoms with Gasteiger partial charge in [-0.1, -0.05) is 18.2 Å². The molecule has 0 aliphatic rings. The van der Waals surface area contributed by atoms with E-state index >= 15 is 0 Å². The highest BCUT2D eigenvalue weighted by atomic mass is 35.5. The van der Waals surface area contributed by atoms with Crippen LogP contribution in [-0.4, -0.2) is 26.6 Å². The molecule has 0 fully saturated rings. The normalized spacial score (nSPS) is 11.2. The lowest BCUT2D eigenvalue weighted by molar-refractivity contribution is 0.0378. The summed E-state index contributed by atoms with van der Waals surface area (Å²) >= 11 is 5.99. The number of nitrogens with zero attached hydrogens (tertiary/aromatic N) is 3. The van der Waals surface area contributed by atoms with Gasteiger partial charge in [0.15, 0.2) is 0 Å². The molecule has 0 N–H and O–H groups in total. The number of aromatic nitrogens is 3. The van der Waals surface area contributed by atoms with Crippen molar-refractivity contribution >= 4 is 28.5 Å². The second-order valence-corrected chi connectivity index (χ2v) is 6.04. The Hall–Kier alpha value is -2.40. The van der Waals surface area contributed by atoms with Gasteiger partial charge in [0.1, 0.15) is 5.56 Å². The fourth-order valence-electron chi connectivity index (χ4n) is 2.69. The minimum atomic E-state index is -0.454. The Balaban J connectivity index is 2.23. The SMILES string of the molecule is CCn1cc(-c2nc(Cl)ncc2C(=O)OC(C)C)c2ccccc21. The largest absolute Gasteiger partial charge is 0.459 e. The number of aryl methyl sites for hydroxylation is 1. The second kappa shape index (κ2) is 6.61. The van der Waals surface area contributed by atoms with Crippen molar-refractivity contribution in [2.45, 2.75) is 33.4 Å². The van der Waals surface area contributed by atoms with E-state index in [0.717, 1.165) is 23.0 Å². The van der Waals surface area contributed by atoms with Gasteiger partial charge in [-0.15, -0.1) is 0 Å². The highest BCUT2D eigenvalue weighted by molar-refractivity contribution is 6.28. The van der Waals surface area contributed by atoms with E-state index in [4.69, 9.17) is 16.3 Å². The number of benzene rings is 1. The minimum absolute atomic E-state index is 0.0967. The first-order valence-corrected chi connectivity index (χ1v) is 8.20. The second-order valence-electron chi connectivity index (χ2n) is 5.70. The summed E-state index contributed by atoms with van der Waals surface area (Å²) in [6, 6.07) is 7.99. The highest BCUT2D eigenvalue weighted by Crippen LogP contribution is 2.32. The minimum Gasteiger partial charge on any atom is -0.459 e. The molecule has 3 aromatic rings. The van der Waals surface area contributed by atoms with E-state index in [9.17, 15) is 4.79 Å². The molecule has 0 amide bonds. The van der Waals surface area contributed by atoms with Gasteiger partial charge in [0.05, 0.1) is 11.8 Å². The van der Waals surface area contributed by atoms with Crippen molar-refractivity contribution < 1.29 is 9.53 Å². The van der Waals surface area contributed by atoms with Crippen LogP contribution >= 0.6 is 11.6 Å². The number of fused-ring (bicyclic) bond motifs is 1. The van der Waals surface area contributed by atoms with Crippen molar-refractivity contribution in [3.05, 3.63) is 47.5 Å². The molecule has 0 radical (unpaired) electrons. The van der Waals surface area contributed by atoms with Gasteiger partial charge in [-0.3, -0.25) is 0 Å². The van der Waals surface area contributed by atoms with Crippen molar-refractivity contribution in [1.29, 1.82) is 0 Å². The van der Waals surface area contributed by atoms with Crippen LogP contribution in [0.4, 0.5) is 0 Å². The summed E-state index contributed by atoms with van der Waals surface area (Å²) in [7, 11) is 0. The monoisotopic (exact) mass is 343 g/mol. The number of halogens is 1. The first kappa shape index (κ1) is 16.5. The van der Waals surface area contributed by atoms with Gasteiger partial charge >= 0.3 is 5.97 Å². The van der Waals surface area contributed by atoms with E-state index in [1.54, 1.807) is 13.8 Å². The van der Waals surface area contributed by atoms with Crippen LogP contribution in [-0.2, 0) is 11.3 Å². The fraction of sp³-hybridized carbons (Fsp3) is 0.278. The smallest absolute Gasteiger partial charge is 0.342 e. The van der Waals surface area contributed by atoms with E-state index in [2.05, 4.69) is 21.5 Å². The number of hydrogen-bond acceptors (Lipinski definition) is 4. The van der Waals surface area contributed by atoms with Gasteiger partial charge < -0.3 is 9.30 Å². The summed E-state index contributed by atoms with van der Waals surface area (Å²) in [6.45, 7) is 6.48. The zero-order chi connectivity index (χ0) is 17.3. The van der Waals surface area contributed by atoms with Crippen LogP contribution in [0.25, 0.3) is 22.2 Å². The number of rotatable bonds is 4. The van der Waals surface area contributed by atoms with Crippen LogP contribution in [0, 0.1) is 0 Å². The standard InChI is InChI=1S/C18H18ClN3O2/c1-4-22-10-14(12-7-5-6-8-15(12)22)16-13(9-20-18(19)21-16)17(23)24-11(2)3/h5-11H,4H2,1-3H3. The summed E-state index contributed by atoms with van der Waals surface area (Å²) < 4.78 is 7.42. The molecular formula is C18H18ClN3O2. The maximum atomic E-state index is 12.4. The van der Waals surface area contributed by atoms with Crippen molar-refractivity contribution in [3.8, 4) is 11.3 Å². The van der Waals surface area contributed by atoms with E-state index in [1.165, 1.54) is 6.20 Å². The number of para-hydroxylation sites is 1. The van der Waals surface area contributed by atoms with Crippen molar-refractivity contribution in [1.82, 2.24) is 14.5 Å². The van der Waals surface area contributed by atoms with Crippen LogP contribution in [0.3, 0.4) is 0 Å². The van der Waals surface area contributed by atoms with Crippen LogP contribution < -0.4 is 0 Å². The van der Waals surface area contributed by atoms with Crippen LogP contribution in [0.5, 0.6) is 0 Å².